The van der Waals surface area contributed by atoms with Gasteiger partial charge in [0.2, 0.25) is 5.95 Å². The average molecular weight is 365 g/mol. The molecule has 0 saturated heterocycles. The molecule has 0 aliphatic rings. The number of nitrogens with two attached hydrogens (primary N) is 1. The number of anilines is 5. The van der Waals surface area contributed by atoms with Crippen LogP contribution in [0, 0.1) is 0 Å². The van der Waals surface area contributed by atoms with Crippen molar-refractivity contribution in [2.75, 3.05) is 22.6 Å². The Labute approximate surface area is 156 Å². The second-order valence-corrected chi connectivity index (χ2v) is 5.51. The predicted octanol–water partition coefficient (Wildman–Crippen LogP) is 4.02. The molecule has 0 radical (unpaired) electrons. The molecular formula is C19H19N5O3. The van der Waals surface area contributed by atoms with E-state index in [0.717, 1.165) is 4.90 Å². The third kappa shape index (κ3) is 4.24. The molecule has 0 aliphatic heterocycles. The monoisotopic (exact) mass is 365 g/mol. The molecule has 0 aliphatic carbocycles. The molecule has 0 atom stereocenters. The van der Waals surface area contributed by atoms with Gasteiger partial charge in [-0.25, -0.2) is 14.7 Å². The fraction of sp³-hybridized carbons (Fsp3) is 0.105. The lowest BCUT2D eigenvalue weighted by atomic mass is 10.2. The van der Waals surface area contributed by atoms with E-state index in [9.17, 15) is 9.90 Å². The van der Waals surface area contributed by atoms with Crippen molar-refractivity contribution < 1.29 is 14.6 Å². The summed E-state index contributed by atoms with van der Waals surface area (Å²) in [6.45, 7) is 2.25. The number of hydrogen-bond acceptors (Lipinski definition) is 6. The highest BCUT2D eigenvalue weighted by Gasteiger charge is 2.22. The normalized spacial score (nSPS) is 10.3. The van der Waals surface area contributed by atoms with Gasteiger partial charge in [0.15, 0.2) is 0 Å². The molecule has 0 saturated carbocycles. The van der Waals surface area contributed by atoms with E-state index < -0.39 is 6.09 Å². The summed E-state index contributed by atoms with van der Waals surface area (Å²) in [5.41, 5.74) is 7.44. The molecule has 1 aromatic heterocycles. The Morgan fingerprint density at radius 3 is 2.78 bits per heavy atom. The molecule has 0 fully saturated rings. The number of carbonyl (C=O) groups is 1. The molecule has 1 heterocycles. The van der Waals surface area contributed by atoms with Crippen molar-refractivity contribution >= 4 is 34.9 Å². The summed E-state index contributed by atoms with van der Waals surface area (Å²) in [6, 6.07) is 15.5. The number of aromatic nitrogens is 2. The minimum Gasteiger partial charge on any atom is -0.492 e. The Hall–Kier alpha value is -3.81. The van der Waals surface area contributed by atoms with E-state index >= 15 is 0 Å². The zero-order chi connectivity index (χ0) is 19.2. The second kappa shape index (κ2) is 8.05. The first-order chi connectivity index (χ1) is 13.1. The molecule has 1 amide bonds. The molecule has 2 aromatic carbocycles. The molecule has 4 N–H and O–H groups in total. The van der Waals surface area contributed by atoms with E-state index in [4.69, 9.17) is 10.5 Å². The van der Waals surface area contributed by atoms with Gasteiger partial charge < -0.3 is 20.9 Å². The molecule has 27 heavy (non-hydrogen) atoms. The van der Waals surface area contributed by atoms with E-state index in [1.165, 1.54) is 12.3 Å². The van der Waals surface area contributed by atoms with E-state index in [1.54, 1.807) is 42.5 Å². The molecule has 0 spiro atoms. The molecule has 3 rings (SSSR count). The molecular weight excluding hydrogens is 346 g/mol. The fourth-order valence-electron chi connectivity index (χ4n) is 2.52. The number of carboxylic acid groups (broad SMARTS) is 1. The number of hydrogen-bond donors (Lipinski definition) is 3. The van der Waals surface area contributed by atoms with Crippen molar-refractivity contribution in [2.24, 2.45) is 0 Å². The summed E-state index contributed by atoms with van der Waals surface area (Å²) < 4.78 is 5.55. The quantitative estimate of drug-likeness (QED) is 0.565. The highest BCUT2D eigenvalue weighted by Crippen LogP contribution is 2.33. The largest absolute Gasteiger partial charge is 0.492 e. The summed E-state index contributed by atoms with van der Waals surface area (Å²) in [6.07, 6.45) is 0.298. The fourth-order valence-corrected chi connectivity index (χ4v) is 2.52. The van der Waals surface area contributed by atoms with Crippen molar-refractivity contribution in [3.8, 4) is 5.75 Å². The molecule has 8 nitrogen and oxygen atoms in total. The van der Waals surface area contributed by atoms with Gasteiger partial charge in [0.1, 0.15) is 11.6 Å². The Morgan fingerprint density at radius 1 is 1.22 bits per heavy atom. The van der Waals surface area contributed by atoms with Crippen molar-refractivity contribution in [3.63, 3.8) is 0 Å². The van der Waals surface area contributed by atoms with E-state index in [0.29, 0.717) is 29.4 Å². The summed E-state index contributed by atoms with van der Waals surface area (Å²) in [5.74, 6) is 0.889. The Morgan fingerprint density at radius 2 is 2.04 bits per heavy atom. The smallest absolute Gasteiger partial charge is 0.417 e. The Balaban J connectivity index is 1.97. The van der Waals surface area contributed by atoms with Crippen LogP contribution in [-0.2, 0) is 0 Å². The van der Waals surface area contributed by atoms with E-state index in [2.05, 4.69) is 15.3 Å². The van der Waals surface area contributed by atoms with Gasteiger partial charge in [-0.15, -0.1) is 0 Å². The van der Waals surface area contributed by atoms with Crippen LogP contribution in [0.15, 0.2) is 60.8 Å². The van der Waals surface area contributed by atoms with Gasteiger partial charge in [-0.2, -0.15) is 4.98 Å². The number of nitrogens with one attached hydrogen (secondary N) is 1. The Bertz CT molecular complexity index is 948. The minimum atomic E-state index is -1.18. The van der Waals surface area contributed by atoms with Crippen LogP contribution >= 0.6 is 0 Å². The Kier molecular flexibility index (Phi) is 5.36. The lowest BCUT2D eigenvalue weighted by molar-refractivity contribution is 0.204. The summed E-state index contributed by atoms with van der Waals surface area (Å²) in [7, 11) is 0. The number of benzene rings is 2. The van der Waals surface area contributed by atoms with Crippen LogP contribution in [0.1, 0.15) is 6.92 Å². The number of ether oxygens (including phenoxy) is 1. The summed E-state index contributed by atoms with van der Waals surface area (Å²) in [4.78, 5) is 21.5. The van der Waals surface area contributed by atoms with Crippen molar-refractivity contribution in [3.05, 3.63) is 60.8 Å². The van der Waals surface area contributed by atoms with E-state index in [1.807, 2.05) is 13.0 Å². The van der Waals surface area contributed by atoms with Gasteiger partial charge >= 0.3 is 6.09 Å². The summed E-state index contributed by atoms with van der Waals surface area (Å²) >= 11 is 0. The highest BCUT2D eigenvalue weighted by molar-refractivity contribution is 5.95. The third-order valence-electron chi connectivity index (χ3n) is 3.61. The zero-order valence-corrected chi connectivity index (χ0v) is 14.7. The van der Waals surface area contributed by atoms with Gasteiger partial charge in [0, 0.05) is 23.6 Å². The zero-order valence-electron chi connectivity index (χ0n) is 14.7. The molecule has 8 heteroatoms. The molecule has 3 aromatic rings. The first-order valence-corrected chi connectivity index (χ1v) is 8.29. The molecule has 138 valence electrons. The maximum atomic E-state index is 11.9. The number of nitrogens with zero attached hydrogens (tertiary/aromatic N) is 3. The predicted molar refractivity (Wildman–Crippen MR) is 104 cm³/mol. The molecule has 0 bridgehead atoms. The van der Waals surface area contributed by atoms with Crippen molar-refractivity contribution in [2.45, 2.75) is 6.92 Å². The maximum absolute atomic E-state index is 11.9. The first-order valence-electron chi connectivity index (χ1n) is 8.29. The van der Waals surface area contributed by atoms with Crippen LogP contribution in [0.5, 0.6) is 5.75 Å². The third-order valence-corrected chi connectivity index (χ3v) is 3.61. The average Bonchev–Trinajstić information content (AvgIpc) is 2.64. The van der Waals surface area contributed by atoms with Crippen molar-refractivity contribution in [1.82, 2.24) is 9.97 Å². The van der Waals surface area contributed by atoms with Crippen LogP contribution in [-0.4, -0.2) is 27.8 Å². The van der Waals surface area contributed by atoms with Crippen LogP contribution in [0.25, 0.3) is 0 Å². The SMILES string of the molecule is CCOc1ccccc1N(C(=O)O)c1ccnc(Nc2cccc(N)c2)n1. The number of nitrogen functional groups attached to an aromatic ring is 1. The standard InChI is InChI=1S/C19H19N5O3/c1-2-27-16-9-4-3-8-15(16)24(19(25)26)17-10-11-21-18(23-17)22-14-7-5-6-13(20)12-14/h3-12H,2,20H2,1H3,(H,25,26)(H,21,22,23). The number of rotatable bonds is 6. The van der Waals surface area contributed by atoms with Crippen LogP contribution in [0.4, 0.5) is 33.6 Å². The molecule has 0 unspecified atom stereocenters. The first kappa shape index (κ1) is 18.0. The number of para-hydroxylation sites is 2. The number of amides is 1. The highest BCUT2D eigenvalue weighted by atomic mass is 16.5. The van der Waals surface area contributed by atoms with Crippen LogP contribution < -0.4 is 20.7 Å². The van der Waals surface area contributed by atoms with Gasteiger partial charge in [0.25, 0.3) is 0 Å². The van der Waals surface area contributed by atoms with Gasteiger partial charge in [-0.1, -0.05) is 18.2 Å². The topological polar surface area (TPSA) is 114 Å². The van der Waals surface area contributed by atoms with Crippen molar-refractivity contribution in [1.29, 1.82) is 0 Å². The van der Waals surface area contributed by atoms with Gasteiger partial charge in [0.05, 0.1) is 12.3 Å². The minimum absolute atomic E-state index is 0.191. The van der Waals surface area contributed by atoms with Crippen LogP contribution in [0.2, 0.25) is 0 Å². The maximum Gasteiger partial charge on any atom is 0.417 e. The van der Waals surface area contributed by atoms with Crippen LogP contribution in [0.3, 0.4) is 0 Å². The van der Waals surface area contributed by atoms with Gasteiger partial charge in [-0.3, -0.25) is 0 Å². The second-order valence-electron chi connectivity index (χ2n) is 5.51. The summed E-state index contributed by atoms with van der Waals surface area (Å²) in [5, 5.41) is 12.8. The lowest BCUT2D eigenvalue weighted by Gasteiger charge is -2.21. The lowest BCUT2D eigenvalue weighted by Crippen LogP contribution is -2.25. The van der Waals surface area contributed by atoms with Gasteiger partial charge in [-0.05, 0) is 37.3 Å². The van der Waals surface area contributed by atoms with E-state index in [-0.39, 0.29) is 11.8 Å².